The Kier molecular flexibility index (Phi) is 4.50. The number of ether oxygens (including phenoxy) is 1. The third-order valence-electron chi connectivity index (χ3n) is 2.79. The Balaban J connectivity index is 1.93. The summed E-state index contributed by atoms with van der Waals surface area (Å²) in [4.78, 5) is 9.73. The predicted molar refractivity (Wildman–Crippen MR) is 78.0 cm³/mol. The molecule has 0 radical (unpaired) electrons. The molecule has 0 saturated heterocycles. The van der Waals surface area contributed by atoms with Crippen molar-refractivity contribution in [3.05, 3.63) is 81.5 Å². The van der Waals surface area contributed by atoms with E-state index in [-0.39, 0.29) is 0 Å². The number of rotatable bonds is 5. The molecule has 4 heteroatoms. The summed E-state index contributed by atoms with van der Waals surface area (Å²) < 4.78 is 5.65. The highest BCUT2D eigenvalue weighted by Crippen LogP contribution is 2.15. The Labute approximate surface area is 117 Å². The zero-order valence-corrected chi connectivity index (χ0v) is 11.2. The van der Waals surface area contributed by atoms with E-state index in [0.29, 0.717) is 6.61 Å². The quantitative estimate of drug-likeness (QED) is 0.612. The summed E-state index contributed by atoms with van der Waals surface area (Å²) in [6.07, 6.45) is 2.37. The smallest absolute Gasteiger partial charge is 0.235 e. The molecule has 20 heavy (non-hydrogen) atoms. The van der Waals surface area contributed by atoms with Crippen LogP contribution in [0.1, 0.15) is 16.7 Å². The third-order valence-corrected chi connectivity index (χ3v) is 2.79. The molecule has 0 fully saturated rings. The van der Waals surface area contributed by atoms with Gasteiger partial charge < -0.3 is 4.74 Å². The van der Waals surface area contributed by atoms with E-state index in [9.17, 15) is 10.1 Å². The first-order valence-corrected chi connectivity index (χ1v) is 6.23. The summed E-state index contributed by atoms with van der Waals surface area (Å²) in [5, 5.41) is 10.2. The average Bonchev–Trinajstić information content (AvgIpc) is 2.45. The minimum absolute atomic E-state index is 0.484. The minimum atomic E-state index is -0.484. The van der Waals surface area contributed by atoms with E-state index in [0.717, 1.165) is 23.1 Å². The summed E-state index contributed by atoms with van der Waals surface area (Å²) in [7, 11) is 0. The number of hydrogen-bond acceptors (Lipinski definition) is 3. The third kappa shape index (κ3) is 4.24. The van der Waals surface area contributed by atoms with Crippen LogP contribution in [0.25, 0.3) is 6.08 Å². The second-order valence-electron chi connectivity index (χ2n) is 4.44. The highest BCUT2D eigenvalue weighted by Gasteiger charge is 1.97. The lowest BCUT2D eigenvalue weighted by Crippen LogP contribution is -1.95. The van der Waals surface area contributed by atoms with Crippen LogP contribution in [0.3, 0.4) is 0 Å². The number of aryl methyl sites for hydroxylation is 1. The monoisotopic (exact) mass is 269 g/mol. The minimum Gasteiger partial charge on any atom is -0.489 e. The fourth-order valence-corrected chi connectivity index (χ4v) is 1.67. The zero-order chi connectivity index (χ0) is 14.4. The molecule has 0 heterocycles. The molecule has 0 spiro atoms. The molecule has 0 aliphatic carbocycles. The van der Waals surface area contributed by atoms with Gasteiger partial charge in [-0.3, -0.25) is 10.1 Å². The standard InChI is InChI=1S/C16H15NO3/c1-13-2-4-15(5-3-13)12-20-16-8-6-14(7-9-16)10-11-17(18)19/h2-11H,12H2,1H3/b11-10+. The largest absolute Gasteiger partial charge is 0.489 e. The normalized spacial score (nSPS) is 10.7. The van der Waals surface area contributed by atoms with Crippen LogP contribution in [0.4, 0.5) is 0 Å². The highest BCUT2D eigenvalue weighted by atomic mass is 16.6. The molecule has 2 aromatic carbocycles. The van der Waals surface area contributed by atoms with Crippen molar-refractivity contribution in [2.75, 3.05) is 0 Å². The molecule has 0 saturated carbocycles. The van der Waals surface area contributed by atoms with Crippen LogP contribution >= 0.6 is 0 Å². The Hall–Kier alpha value is -2.62. The maximum Gasteiger partial charge on any atom is 0.235 e. The van der Waals surface area contributed by atoms with Crippen molar-refractivity contribution in [3.63, 3.8) is 0 Å². The van der Waals surface area contributed by atoms with Gasteiger partial charge in [-0.1, -0.05) is 42.0 Å². The summed E-state index contributed by atoms with van der Waals surface area (Å²) >= 11 is 0. The predicted octanol–water partition coefficient (Wildman–Crippen LogP) is 3.82. The maximum absolute atomic E-state index is 10.2. The van der Waals surface area contributed by atoms with Crippen molar-refractivity contribution in [1.82, 2.24) is 0 Å². The van der Waals surface area contributed by atoms with Crippen LogP contribution in [0.15, 0.2) is 54.7 Å². The summed E-state index contributed by atoms with van der Waals surface area (Å²) in [5.41, 5.74) is 3.09. The van der Waals surface area contributed by atoms with E-state index in [1.807, 2.05) is 31.2 Å². The van der Waals surface area contributed by atoms with Crippen LogP contribution in [0.2, 0.25) is 0 Å². The summed E-state index contributed by atoms with van der Waals surface area (Å²) in [5.74, 6) is 0.740. The molecule has 0 aromatic heterocycles. The van der Waals surface area contributed by atoms with Crippen molar-refractivity contribution < 1.29 is 9.66 Å². The van der Waals surface area contributed by atoms with Gasteiger partial charge in [0.05, 0.1) is 4.92 Å². The van der Waals surface area contributed by atoms with E-state index in [1.54, 1.807) is 24.3 Å². The molecule has 0 atom stereocenters. The van der Waals surface area contributed by atoms with E-state index in [1.165, 1.54) is 11.6 Å². The first kappa shape index (κ1) is 13.8. The van der Waals surface area contributed by atoms with E-state index in [2.05, 4.69) is 0 Å². The zero-order valence-electron chi connectivity index (χ0n) is 11.2. The molecule has 4 nitrogen and oxygen atoms in total. The highest BCUT2D eigenvalue weighted by molar-refractivity contribution is 5.49. The molecule has 0 aliphatic rings. The molecule has 0 unspecified atom stereocenters. The van der Waals surface area contributed by atoms with Gasteiger partial charge in [-0.15, -0.1) is 0 Å². The van der Waals surface area contributed by atoms with E-state index < -0.39 is 4.92 Å². The van der Waals surface area contributed by atoms with Crippen molar-refractivity contribution >= 4 is 6.08 Å². The first-order valence-electron chi connectivity index (χ1n) is 6.23. The van der Waals surface area contributed by atoms with Gasteiger partial charge in [0.15, 0.2) is 0 Å². The van der Waals surface area contributed by atoms with Gasteiger partial charge in [-0.05, 0) is 30.2 Å². The Morgan fingerprint density at radius 2 is 1.75 bits per heavy atom. The second kappa shape index (κ2) is 6.52. The van der Waals surface area contributed by atoms with Crippen LogP contribution < -0.4 is 4.74 Å². The molecule has 0 aliphatic heterocycles. The van der Waals surface area contributed by atoms with Gasteiger partial charge >= 0.3 is 0 Å². The Bertz CT molecular complexity index is 601. The van der Waals surface area contributed by atoms with Crippen LogP contribution in [0.5, 0.6) is 5.75 Å². The number of hydrogen-bond donors (Lipinski definition) is 0. The number of benzene rings is 2. The van der Waals surface area contributed by atoms with E-state index in [4.69, 9.17) is 4.74 Å². The SMILES string of the molecule is Cc1ccc(COc2ccc(/C=C/[N+](=O)[O-])cc2)cc1. The molecular formula is C16H15NO3. The molecule has 0 N–H and O–H groups in total. The van der Waals surface area contributed by atoms with Crippen LogP contribution in [-0.2, 0) is 6.61 Å². The lowest BCUT2D eigenvalue weighted by molar-refractivity contribution is -0.400. The molecule has 0 amide bonds. The second-order valence-corrected chi connectivity index (χ2v) is 4.44. The lowest BCUT2D eigenvalue weighted by atomic mass is 10.2. The Morgan fingerprint density at radius 3 is 2.35 bits per heavy atom. The average molecular weight is 269 g/mol. The van der Waals surface area contributed by atoms with Gasteiger partial charge in [0.25, 0.3) is 0 Å². The number of nitro groups is 1. The van der Waals surface area contributed by atoms with Crippen molar-refractivity contribution in [1.29, 1.82) is 0 Å². The van der Waals surface area contributed by atoms with Gasteiger partial charge in [-0.25, -0.2) is 0 Å². The molecular weight excluding hydrogens is 254 g/mol. The van der Waals surface area contributed by atoms with Gasteiger partial charge in [0.1, 0.15) is 12.4 Å². The van der Waals surface area contributed by atoms with Crippen molar-refractivity contribution in [2.24, 2.45) is 0 Å². The van der Waals surface area contributed by atoms with Crippen molar-refractivity contribution in [3.8, 4) is 5.75 Å². The first-order chi connectivity index (χ1) is 9.63. The Morgan fingerprint density at radius 1 is 1.10 bits per heavy atom. The van der Waals surface area contributed by atoms with Crippen LogP contribution in [0, 0.1) is 17.0 Å². The fraction of sp³-hybridized carbons (Fsp3) is 0.125. The van der Waals surface area contributed by atoms with E-state index >= 15 is 0 Å². The summed E-state index contributed by atoms with van der Waals surface area (Å²) in [6.45, 7) is 2.55. The molecule has 2 rings (SSSR count). The molecule has 102 valence electrons. The molecule has 2 aromatic rings. The summed E-state index contributed by atoms with van der Waals surface area (Å²) in [6, 6.07) is 15.3. The van der Waals surface area contributed by atoms with Crippen molar-refractivity contribution in [2.45, 2.75) is 13.5 Å². The topological polar surface area (TPSA) is 52.4 Å². The fourth-order valence-electron chi connectivity index (χ4n) is 1.67. The lowest BCUT2D eigenvalue weighted by Gasteiger charge is -2.06. The maximum atomic E-state index is 10.2. The van der Waals surface area contributed by atoms with Gasteiger partial charge in [0, 0.05) is 6.08 Å². The van der Waals surface area contributed by atoms with Gasteiger partial charge in [-0.2, -0.15) is 0 Å². The molecule has 0 bridgehead atoms. The van der Waals surface area contributed by atoms with Gasteiger partial charge in [0.2, 0.25) is 6.20 Å². The number of nitrogens with zero attached hydrogens (tertiary/aromatic N) is 1. The van der Waals surface area contributed by atoms with Crippen LogP contribution in [-0.4, -0.2) is 4.92 Å².